The number of hydrogen-bond acceptors (Lipinski definition) is 6. The second kappa shape index (κ2) is 7.77. The molecule has 1 aliphatic rings. The van der Waals surface area contributed by atoms with Crippen molar-refractivity contribution >= 4 is 22.8 Å². The largest absolute Gasteiger partial charge is 0.508 e. The van der Waals surface area contributed by atoms with Gasteiger partial charge in [-0.25, -0.2) is 0 Å². The summed E-state index contributed by atoms with van der Waals surface area (Å²) in [6, 6.07) is 5.63. The number of rotatable bonds is 5. The number of nitrogens with zero attached hydrogens (tertiary/aromatic N) is 3. The van der Waals surface area contributed by atoms with E-state index < -0.39 is 5.91 Å². The number of aryl methyl sites for hydroxylation is 2. The molecule has 2 aromatic heterocycles. The number of likely N-dealkylation sites (N-methyl/N-ethyl adjacent to an activating group) is 1. The minimum Gasteiger partial charge on any atom is -0.508 e. The van der Waals surface area contributed by atoms with E-state index >= 15 is 0 Å². The number of primary amides is 1. The maximum Gasteiger partial charge on any atom is 0.253 e. The van der Waals surface area contributed by atoms with Crippen LogP contribution in [0, 0.1) is 20.8 Å². The average Bonchev–Trinajstić information content (AvgIpc) is 3.24. The number of benzene rings is 1. The third kappa shape index (κ3) is 3.46. The molecule has 1 amide bonds. The predicted octanol–water partition coefficient (Wildman–Crippen LogP) is 2.81. The maximum atomic E-state index is 12.3. The molecule has 4 rings (SSSR count). The number of hydrogen-bond donors (Lipinski definition) is 3. The summed E-state index contributed by atoms with van der Waals surface area (Å²) in [6.45, 7) is 7.21. The van der Waals surface area contributed by atoms with Gasteiger partial charge in [-0.2, -0.15) is 4.98 Å². The zero-order valence-electron chi connectivity index (χ0n) is 18.4. The van der Waals surface area contributed by atoms with Crippen molar-refractivity contribution in [3.05, 3.63) is 40.5 Å². The molecule has 1 saturated heterocycles. The van der Waals surface area contributed by atoms with Gasteiger partial charge in [0.1, 0.15) is 18.2 Å². The van der Waals surface area contributed by atoms with Crippen molar-refractivity contribution in [1.82, 2.24) is 14.5 Å². The number of pyridine rings is 1. The van der Waals surface area contributed by atoms with E-state index in [0.29, 0.717) is 40.8 Å². The van der Waals surface area contributed by atoms with E-state index in [1.807, 2.05) is 19.9 Å². The zero-order valence-corrected chi connectivity index (χ0v) is 18.4. The van der Waals surface area contributed by atoms with Gasteiger partial charge in [0.15, 0.2) is 5.65 Å². The number of carbonyl (C=O) groups is 1. The monoisotopic (exact) mass is 423 g/mol. The molecule has 0 radical (unpaired) electrons. The molecule has 1 fully saturated rings. The third-order valence-corrected chi connectivity index (χ3v) is 6.28. The topological polar surface area (TPSA) is 120 Å². The van der Waals surface area contributed by atoms with Crippen molar-refractivity contribution in [3.63, 3.8) is 0 Å². The van der Waals surface area contributed by atoms with Gasteiger partial charge in [-0.05, 0) is 64.9 Å². The van der Waals surface area contributed by atoms with Gasteiger partial charge in [0, 0.05) is 22.6 Å². The van der Waals surface area contributed by atoms with Crippen LogP contribution in [0.1, 0.15) is 39.9 Å². The summed E-state index contributed by atoms with van der Waals surface area (Å²) in [5.41, 5.74) is 15.8. The number of anilines is 1. The molecule has 1 aliphatic heterocycles. The van der Waals surface area contributed by atoms with Crippen molar-refractivity contribution in [2.45, 2.75) is 39.7 Å². The van der Waals surface area contributed by atoms with Crippen LogP contribution in [0.4, 0.5) is 5.82 Å². The van der Waals surface area contributed by atoms with Gasteiger partial charge >= 0.3 is 0 Å². The Bertz CT molecular complexity index is 1180. The van der Waals surface area contributed by atoms with E-state index in [1.165, 1.54) is 0 Å². The summed E-state index contributed by atoms with van der Waals surface area (Å²) in [6.07, 6.45) is 2.25. The Hall–Kier alpha value is -3.26. The van der Waals surface area contributed by atoms with Crippen molar-refractivity contribution in [2.24, 2.45) is 5.73 Å². The Kier molecular flexibility index (Phi) is 5.26. The Morgan fingerprint density at radius 2 is 2.03 bits per heavy atom. The van der Waals surface area contributed by atoms with Gasteiger partial charge < -0.3 is 26.2 Å². The number of nitrogen functional groups attached to an aromatic ring is 1. The summed E-state index contributed by atoms with van der Waals surface area (Å²) in [5, 5.41) is 10.9. The summed E-state index contributed by atoms with van der Waals surface area (Å²) in [7, 11) is 2.10. The van der Waals surface area contributed by atoms with Crippen molar-refractivity contribution in [1.29, 1.82) is 0 Å². The standard InChI is InChI=1S/C23H29N5O3/c1-12-7-8-17(29)14(3)19(12)28-20(24)18(21(25)30)16-10-13(2)23(26-22(16)28)31-11-15-6-5-9-27(15)4/h7-8,10,15,29H,5-6,9,11,24H2,1-4H3,(H2,25,30). The lowest BCUT2D eigenvalue weighted by atomic mass is 10.1. The van der Waals surface area contributed by atoms with Crippen LogP contribution >= 0.6 is 0 Å². The lowest BCUT2D eigenvalue weighted by Crippen LogP contribution is -2.30. The van der Waals surface area contributed by atoms with Crippen molar-refractivity contribution in [2.75, 3.05) is 25.9 Å². The molecule has 164 valence electrons. The molecule has 0 bridgehead atoms. The molecule has 1 aromatic carbocycles. The van der Waals surface area contributed by atoms with E-state index in [4.69, 9.17) is 21.2 Å². The van der Waals surface area contributed by atoms with E-state index in [2.05, 4.69) is 11.9 Å². The first-order valence-corrected chi connectivity index (χ1v) is 10.4. The molecule has 0 aliphatic carbocycles. The molecule has 1 atom stereocenters. The number of ether oxygens (including phenoxy) is 1. The SMILES string of the molecule is Cc1cc2c(C(N)=O)c(N)n(-c3c(C)ccc(O)c3C)c2nc1OCC1CCCN1C. The number of phenols is 1. The normalized spacial score (nSPS) is 16.8. The molecule has 0 spiro atoms. The highest BCUT2D eigenvalue weighted by molar-refractivity contribution is 6.11. The number of nitrogens with two attached hydrogens (primary N) is 2. The second-order valence-corrected chi connectivity index (χ2v) is 8.40. The predicted molar refractivity (Wildman–Crippen MR) is 121 cm³/mol. The maximum absolute atomic E-state index is 12.3. The average molecular weight is 424 g/mol. The van der Waals surface area contributed by atoms with Crippen molar-refractivity contribution in [3.8, 4) is 17.3 Å². The molecular weight excluding hydrogens is 394 g/mol. The highest BCUT2D eigenvalue weighted by atomic mass is 16.5. The van der Waals surface area contributed by atoms with Gasteiger partial charge in [0.2, 0.25) is 5.88 Å². The first kappa shape index (κ1) is 21.0. The molecule has 1 unspecified atom stereocenters. The zero-order chi connectivity index (χ0) is 22.4. The first-order valence-electron chi connectivity index (χ1n) is 10.4. The van der Waals surface area contributed by atoms with E-state index in [9.17, 15) is 9.90 Å². The van der Waals surface area contributed by atoms with Crippen LogP contribution in [-0.4, -0.2) is 51.7 Å². The van der Waals surface area contributed by atoms with Gasteiger partial charge in [0.25, 0.3) is 5.91 Å². The van der Waals surface area contributed by atoms with Crippen LogP contribution in [0.25, 0.3) is 16.7 Å². The van der Waals surface area contributed by atoms with E-state index in [1.54, 1.807) is 23.6 Å². The van der Waals surface area contributed by atoms with Crippen LogP contribution < -0.4 is 16.2 Å². The van der Waals surface area contributed by atoms with Crippen LogP contribution in [0.5, 0.6) is 11.6 Å². The van der Waals surface area contributed by atoms with Gasteiger partial charge in [-0.1, -0.05) is 6.07 Å². The first-order chi connectivity index (χ1) is 14.7. The lowest BCUT2D eigenvalue weighted by Gasteiger charge is -2.20. The minimum absolute atomic E-state index is 0.135. The van der Waals surface area contributed by atoms with Crippen LogP contribution in [0.15, 0.2) is 18.2 Å². The summed E-state index contributed by atoms with van der Waals surface area (Å²) < 4.78 is 7.80. The highest BCUT2D eigenvalue weighted by Crippen LogP contribution is 2.37. The molecular formula is C23H29N5O3. The summed E-state index contributed by atoms with van der Waals surface area (Å²) >= 11 is 0. The summed E-state index contributed by atoms with van der Waals surface area (Å²) in [5.74, 6) is 0.200. The molecule has 3 aromatic rings. The number of likely N-dealkylation sites (tertiary alicyclic amines) is 1. The highest BCUT2D eigenvalue weighted by Gasteiger charge is 2.26. The van der Waals surface area contributed by atoms with Crippen molar-refractivity contribution < 1.29 is 14.6 Å². The fourth-order valence-electron chi connectivity index (χ4n) is 4.47. The molecule has 0 saturated carbocycles. The number of phenolic OH excluding ortho intramolecular Hbond substituents is 1. The third-order valence-electron chi connectivity index (χ3n) is 6.28. The molecule has 5 N–H and O–H groups in total. The van der Waals surface area contributed by atoms with Crippen LogP contribution in [-0.2, 0) is 0 Å². The number of aromatic nitrogens is 2. The van der Waals surface area contributed by atoms with Crippen LogP contribution in [0.3, 0.4) is 0 Å². The molecule has 8 heteroatoms. The number of amides is 1. The molecule has 31 heavy (non-hydrogen) atoms. The Morgan fingerprint density at radius 3 is 2.68 bits per heavy atom. The molecule has 8 nitrogen and oxygen atoms in total. The second-order valence-electron chi connectivity index (χ2n) is 8.40. The fraction of sp³-hybridized carbons (Fsp3) is 0.391. The smallest absolute Gasteiger partial charge is 0.253 e. The quantitative estimate of drug-likeness (QED) is 0.580. The summed E-state index contributed by atoms with van der Waals surface area (Å²) in [4.78, 5) is 19.3. The fourth-order valence-corrected chi connectivity index (χ4v) is 4.47. The van der Waals surface area contributed by atoms with Gasteiger partial charge in [-0.15, -0.1) is 0 Å². The number of aromatic hydroxyl groups is 1. The molecule has 3 heterocycles. The van der Waals surface area contributed by atoms with Crippen LogP contribution in [0.2, 0.25) is 0 Å². The van der Waals surface area contributed by atoms with E-state index in [0.717, 1.165) is 30.5 Å². The van der Waals surface area contributed by atoms with E-state index in [-0.39, 0.29) is 17.1 Å². The minimum atomic E-state index is -0.626. The number of carbonyl (C=O) groups excluding carboxylic acids is 1. The Morgan fingerprint density at radius 1 is 1.29 bits per heavy atom. The van der Waals surface area contributed by atoms with Gasteiger partial charge in [0.05, 0.1) is 11.3 Å². The van der Waals surface area contributed by atoms with Gasteiger partial charge in [-0.3, -0.25) is 9.36 Å². The lowest BCUT2D eigenvalue weighted by molar-refractivity contribution is 0.100. The Balaban J connectivity index is 1.90. The Labute approximate surface area is 181 Å². The number of fused-ring (bicyclic) bond motifs is 1.